The van der Waals surface area contributed by atoms with Gasteiger partial charge < -0.3 is 20.3 Å². The quantitative estimate of drug-likeness (QED) is 0.814. The van der Waals surface area contributed by atoms with Crippen LogP contribution in [0.15, 0.2) is 42.6 Å². The number of hydrogen-bond acceptors (Lipinski definition) is 5. The number of nitrogens with zero attached hydrogens (tertiary/aromatic N) is 2. The van der Waals surface area contributed by atoms with Crippen molar-refractivity contribution in [3.05, 3.63) is 53.3 Å². The Morgan fingerprint density at radius 1 is 1.30 bits per heavy atom. The number of anilines is 1. The van der Waals surface area contributed by atoms with Crippen molar-refractivity contribution in [2.75, 3.05) is 25.0 Å². The summed E-state index contributed by atoms with van der Waals surface area (Å²) in [6, 6.07) is 9.87. The lowest BCUT2D eigenvalue weighted by Crippen LogP contribution is -2.52. The molecule has 1 aromatic carbocycles. The SMILES string of the molecule is CNC(=O)[C@H]1CN(C(=O)CNC(=O)c2cc(Cl)ccn2)c2ccccc2O1. The Kier molecular flexibility index (Phi) is 5.56. The Hall–Kier alpha value is -3.13. The Morgan fingerprint density at radius 2 is 2.07 bits per heavy atom. The average Bonchev–Trinajstić information content (AvgIpc) is 2.70. The van der Waals surface area contributed by atoms with Crippen LogP contribution < -0.4 is 20.3 Å². The fraction of sp³-hybridized carbons (Fsp3) is 0.222. The lowest BCUT2D eigenvalue weighted by Gasteiger charge is -2.34. The molecule has 2 heterocycles. The van der Waals surface area contributed by atoms with Crippen LogP contribution in [0.1, 0.15) is 10.5 Å². The van der Waals surface area contributed by atoms with Gasteiger partial charge in [0, 0.05) is 18.3 Å². The third-order valence-electron chi connectivity index (χ3n) is 3.97. The van der Waals surface area contributed by atoms with Crippen molar-refractivity contribution in [2.45, 2.75) is 6.10 Å². The van der Waals surface area contributed by atoms with Crippen molar-refractivity contribution in [3.63, 3.8) is 0 Å². The standard InChI is InChI=1S/C18H17ClN4O4/c1-20-18(26)15-10-23(13-4-2-3-5-14(13)27-15)16(24)9-22-17(25)12-8-11(19)6-7-21-12/h2-8,15H,9-10H2,1H3,(H,20,26)(H,22,25)/t15-/m1/s1. The van der Waals surface area contributed by atoms with E-state index in [0.29, 0.717) is 16.5 Å². The molecule has 1 atom stereocenters. The Morgan fingerprint density at radius 3 is 2.81 bits per heavy atom. The summed E-state index contributed by atoms with van der Waals surface area (Å²) in [6.07, 6.45) is 0.574. The second kappa shape index (κ2) is 8.05. The molecule has 3 amide bonds. The van der Waals surface area contributed by atoms with Gasteiger partial charge in [0.05, 0.1) is 18.8 Å². The number of halogens is 1. The second-order valence-corrected chi connectivity index (χ2v) is 6.17. The molecule has 1 aliphatic heterocycles. The van der Waals surface area contributed by atoms with Crippen LogP contribution >= 0.6 is 11.6 Å². The number of amides is 3. The molecule has 2 aromatic rings. The minimum absolute atomic E-state index is 0.0425. The molecule has 1 aliphatic rings. The summed E-state index contributed by atoms with van der Waals surface area (Å²) in [5.41, 5.74) is 0.652. The van der Waals surface area contributed by atoms with Crippen LogP contribution in [0.2, 0.25) is 5.02 Å². The number of likely N-dealkylation sites (N-methyl/N-ethyl adjacent to an activating group) is 1. The van der Waals surface area contributed by atoms with E-state index in [9.17, 15) is 14.4 Å². The molecule has 0 spiro atoms. The molecule has 0 unspecified atom stereocenters. The first-order valence-corrected chi connectivity index (χ1v) is 8.55. The highest BCUT2D eigenvalue weighted by molar-refractivity contribution is 6.30. The first-order valence-electron chi connectivity index (χ1n) is 8.17. The highest BCUT2D eigenvalue weighted by atomic mass is 35.5. The molecule has 2 N–H and O–H groups in total. The van der Waals surface area contributed by atoms with Crippen LogP contribution in [0.25, 0.3) is 0 Å². The average molecular weight is 389 g/mol. The summed E-state index contributed by atoms with van der Waals surface area (Å²) < 4.78 is 5.66. The zero-order valence-corrected chi connectivity index (χ0v) is 15.2. The van der Waals surface area contributed by atoms with Crippen molar-refractivity contribution in [1.82, 2.24) is 15.6 Å². The highest BCUT2D eigenvalue weighted by Gasteiger charge is 2.33. The van der Waals surface area contributed by atoms with Crippen LogP contribution in [-0.2, 0) is 9.59 Å². The third-order valence-corrected chi connectivity index (χ3v) is 4.20. The molecule has 8 nitrogen and oxygen atoms in total. The summed E-state index contributed by atoms with van der Waals surface area (Å²) in [7, 11) is 1.50. The first kappa shape index (κ1) is 18.7. The number of benzene rings is 1. The van der Waals surface area contributed by atoms with Gasteiger partial charge in [0.2, 0.25) is 5.91 Å². The maximum Gasteiger partial charge on any atom is 0.270 e. The molecule has 0 aliphatic carbocycles. The van der Waals surface area contributed by atoms with Gasteiger partial charge in [-0.2, -0.15) is 0 Å². The van der Waals surface area contributed by atoms with E-state index < -0.39 is 12.0 Å². The number of hydrogen-bond donors (Lipinski definition) is 2. The molecular weight excluding hydrogens is 372 g/mol. The van der Waals surface area contributed by atoms with Crippen LogP contribution in [0.3, 0.4) is 0 Å². The number of rotatable bonds is 4. The normalized spacial score (nSPS) is 15.3. The molecular formula is C18H17ClN4O4. The maximum absolute atomic E-state index is 12.7. The zero-order chi connectivity index (χ0) is 19.4. The van der Waals surface area contributed by atoms with Crippen molar-refractivity contribution in [1.29, 1.82) is 0 Å². The number of pyridine rings is 1. The first-order chi connectivity index (χ1) is 13.0. The van der Waals surface area contributed by atoms with Crippen molar-refractivity contribution >= 4 is 35.0 Å². The predicted molar refractivity (Wildman–Crippen MR) is 98.9 cm³/mol. The molecule has 0 bridgehead atoms. The molecule has 0 radical (unpaired) electrons. The molecule has 1 aromatic heterocycles. The molecule has 140 valence electrons. The Bertz CT molecular complexity index is 889. The monoisotopic (exact) mass is 388 g/mol. The van der Waals surface area contributed by atoms with E-state index in [2.05, 4.69) is 15.6 Å². The molecule has 9 heteroatoms. The fourth-order valence-corrected chi connectivity index (χ4v) is 2.80. The molecule has 0 saturated carbocycles. The van der Waals surface area contributed by atoms with Crippen molar-refractivity contribution in [2.24, 2.45) is 0 Å². The molecule has 27 heavy (non-hydrogen) atoms. The van der Waals surface area contributed by atoms with E-state index in [1.165, 1.54) is 24.2 Å². The Balaban J connectivity index is 1.73. The largest absolute Gasteiger partial charge is 0.477 e. The number of fused-ring (bicyclic) bond motifs is 1. The van der Waals surface area contributed by atoms with E-state index in [1.54, 1.807) is 30.3 Å². The van der Waals surface area contributed by atoms with Crippen LogP contribution in [-0.4, -0.2) is 48.9 Å². The van der Waals surface area contributed by atoms with Crippen LogP contribution in [0, 0.1) is 0 Å². The van der Waals surface area contributed by atoms with Crippen LogP contribution in [0.5, 0.6) is 5.75 Å². The van der Waals surface area contributed by atoms with E-state index >= 15 is 0 Å². The Labute approximate surface area is 160 Å². The van der Waals surface area contributed by atoms with E-state index in [0.717, 1.165) is 0 Å². The van der Waals surface area contributed by atoms with Gasteiger partial charge in [-0.15, -0.1) is 0 Å². The predicted octanol–water partition coefficient (Wildman–Crippen LogP) is 1.00. The zero-order valence-electron chi connectivity index (χ0n) is 14.4. The van der Waals surface area contributed by atoms with Crippen molar-refractivity contribution < 1.29 is 19.1 Å². The maximum atomic E-state index is 12.7. The van der Waals surface area contributed by atoms with E-state index in [1.807, 2.05) is 0 Å². The van der Waals surface area contributed by atoms with E-state index in [-0.39, 0.29) is 30.6 Å². The van der Waals surface area contributed by atoms with Gasteiger partial charge in [-0.05, 0) is 24.3 Å². The number of para-hydroxylation sites is 2. The van der Waals surface area contributed by atoms with Crippen molar-refractivity contribution in [3.8, 4) is 5.75 Å². The minimum atomic E-state index is -0.834. The van der Waals surface area contributed by atoms with Gasteiger partial charge in [0.25, 0.3) is 11.8 Å². The molecule has 0 saturated heterocycles. The van der Waals surface area contributed by atoms with Gasteiger partial charge in [-0.25, -0.2) is 0 Å². The van der Waals surface area contributed by atoms with Gasteiger partial charge >= 0.3 is 0 Å². The fourth-order valence-electron chi connectivity index (χ4n) is 2.64. The molecule has 0 fully saturated rings. The number of carbonyl (C=O) groups excluding carboxylic acids is 3. The smallest absolute Gasteiger partial charge is 0.270 e. The summed E-state index contributed by atoms with van der Waals surface area (Å²) in [5, 5.41) is 5.40. The van der Waals surface area contributed by atoms with E-state index in [4.69, 9.17) is 16.3 Å². The van der Waals surface area contributed by atoms with Crippen LogP contribution in [0.4, 0.5) is 5.69 Å². The summed E-state index contributed by atoms with van der Waals surface area (Å²) >= 11 is 5.84. The number of aromatic nitrogens is 1. The summed E-state index contributed by atoms with van der Waals surface area (Å²) in [4.78, 5) is 42.2. The summed E-state index contributed by atoms with van der Waals surface area (Å²) in [6.45, 7) is -0.220. The number of nitrogens with one attached hydrogen (secondary N) is 2. The lowest BCUT2D eigenvalue weighted by atomic mass is 10.1. The highest BCUT2D eigenvalue weighted by Crippen LogP contribution is 2.33. The van der Waals surface area contributed by atoms with Gasteiger partial charge in [-0.3, -0.25) is 19.4 Å². The number of carbonyl (C=O) groups is 3. The second-order valence-electron chi connectivity index (χ2n) is 5.73. The van der Waals surface area contributed by atoms with Gasteiger partial charge in [-0.1, -0.05) is 23.7 Å². The van der Waals surface area contributed by atoms with Gasteiger partial charge in [0.1, 0.15) is 11.4 Å². The lowest BCUT2D eigenvalue weighted by molar-refractivity contribution is -0.127. The molecule has 3 rings (SSSR count). The summed E-state index contributed by atoms with van der Waals surface area (Å²) in [5.74, 6) is -0.812. The number of ether oxygens (including phenoxy) is 1. The topological polar surface area (TPSA) is 101 Å². The third kappa shape index (κ3) is 4.17. The van der Waals surface area contributed by atoms with Gasteiger partial charge in [0.15, 0.2) is 6.10 Å². The minimum Gasteiger partial charge on any atom is -0.477 e.